The third kappa shape index (κ3) is 4.64. The zero-order valence-corrected chi connectivity index (χ0v) is 13.2. The summed E-state index contributed by atoms with van der Waals surface area (Å²) in [5.74, 6) is 0.0876. The standard InChI is InChI=1S/C15H28N2O4/c1-12(9-21-13-3-8-20-10-13)17-14(18)15(11-19-2)4-6-16-7-5-15/h12-13,16H,3-11H2,1-2H3,(H,17,18). The molecule has 0 bridgehead atoms. The van der Waals surface area contributed by atoms with E-state index >= 15 is 0 Å². The summed E-state index contributed by atoms with van der Waals surface area (Å²) in [6.45, 7) is 6.15. The van der Waals surface area contributed by atoms with E-state index < -0.39 is 5.41 Å². The summed E-state index contributed by atoms with van der Waals surface area (Å²) in [6.07, 6.45) is 2.75. The van der Waals surface area contributed by atoms with Gasteiger partial charge in [0.15, 0.2) is 0 Å². The molecule has 0 aromatic rings. The molecule has 0 aromatic heterocycles. The topological polar surface area (TPSA) is 68.8 Å². The number of piperidine rings is 1. The second kappa shape index (κ2) is 8.08. The Hall–Kier alpha value is -0.690. The Balaban J connectivity index is 1.79. The molecule has 0 radical (unpaired) electrons. The minimum absolute atomic E-state index is 0.00159. The van der Waals surface area contributed by atoms with Crippen LogP contribution in [0, 0.1) is 5.41 Å². The SMILES string of the molecule is COCC1(C(=O)NC(C)COC2CCOC2)CCNCC1. The van der Waals surface area contributed by atoms with Gasteiger partial charge in [-0.2, -0.15) is 0 Å². The summed E-state index contributed by atoms with van der Waals surface area (Å²) < 4.78 is 16.3. The van der Waals surface area contributed by atoms with Crippen molar-refractivity contribution in [3.8, 4) is 0 Å². The van der Waals surface area contributed by atoms with E-state index in [1.54, 1.807) is 7.11 Å². The van der Waals surface area contributed by atoms with Gasteiger partial charge in [0.2, 0.25) is 5.91 Å². The number of amides is 1. The number of hydrogen-bond acceptors (Lipinski definition) is 5. The first-order valence-corrected chi connectivity index (χ1v) is 7.86. The largest absolute Gasteiger partial charge is 0.384 e. The smallest absolute Gasteiger partial charge is 0.228 e. The van der Waals surface area contributed by atoms with Crippen molar-refractivity contribution in [1.29, 1.82) is 0 Å². The maximum absolute atomic E-state index is 12.6. The summed E-state index contributed by atoms with van der Waals surface area (Å²) in [6, 6.07) is 0.00159. The van der Waals surface area contributed by atoms with Gasteiger partial charge in [-0.15, -0.1) is 0 Å². The van der Waals surface area contributed by atoms with Crippen LogP contribution < -0.4 is 10.6 Å². The predicted octanol–water partition coefficient (Wildman–Crippen LogP) is 0.313. The zero-order chi connectivity index (χ0) is 15.1. The Labute approximate surface area is 126 Å². The Bertz CT molecular complexity index is 320. The molecule has 2 aliphatic heterocycles. The predicted molar refractivity (Wildman–Crippen MR) is 79.2 cm³/mol. The van der Waals surface area contributed by atoms with Crippen molar-refractivity contribution in [2.24, 2.45) is 5.41 Å². The van der Waals surface area contributed by atoms with Gasteiger partial charge in [0, 0.05) is 19.8 Å². The number of methoxy groups -OCH3 is 1. The Morgan fingerprint density at radius 2 is 2.24 bits per heavy atom. The monoisotopic (exact) mass is 300 g/mol. The molecule has 2 N–H and O–H groups in total. The van der Waals surface area contributed by atoms with Gasteiger partial charge in [0.05, 0.1) is 31.3 Å². The molecule has 2 unspecified atom stereocenters. The van der Waals surface area contributed by atoms with E-state index in [1.807, 2.05) is 6.92 Å². The lowest BCUT2D eigenvalue weighted by Gasteiger charge is -2.36. The first-order chi connectivity index (χ1) is 10.2. The van der Waals surface area contributed by atoms with Crippen LogP contribution in [0.15, 0.2) is 0 Å². The van der Waals surface area contributed by atoms with E-state index in [2.05, 4.69) is 10.6 Å². The van der Waals surface area contributed by atoms with Crippen LogP contribution in [0.2, 0.25) is 0 Å². The first-order valence-electron chi connectivity index (χ1n) is 7.86. The van der Waals surface area contributed by atoms with Crippen molar-refractivity contribution in [3.63, 3.8) is 0 Å². The van der Waals surface area contributed by atoms with E-state index in [-0.39, 0.29) is 18.1 Å². The second-order valence-corrected chi connectivity index (χ2v) is 6.16. The van der Waals surface area contributed by atoms with Gasteiger partial charge in [0.25, 0.3) is 0 Å². The average molecular weight is 300 g/mol. The number of rotatable bonds is 7. The van der Waals surface area contributed by atoms with E-state index in [0.29, 0.717) is 19.8 Å². The molecule has 0 aliphatic carbocycles. The third-order valence-corrected chi connectivity index (χ3v) is 4.31. The van der Waals surface area contributed by atoms with Crippen LogP contribution in [0.3, 0.4) is 0 Å². The van der Waals surface area contributed by atoms with Crippen LogP contribution in [0.4, 0.5) is 0 Å². The van der Waals surface area contributed by atoms with Gasteiger partial charge in [-0.3, -0.25) is 4.79 Å². The van der Waals surface area contributed by atoms with Gasteiger partial charge < -0.3 is 24.8 Å². The summed E-state index contributed by atoms with van der Waals surface area (Å²) >= 11 is 0. The first kappa shape index (κ1) is 16.7. The highest BCUT2D eigenvalue weighted by Crippen LogP contribution is 2.29. The van der Waals surface area contributed by atoms with Crippen LogP contribution in [-0.2, 0) is 19.0 Å². The molecule has 2 atom stereocenters. The van der Waals surface area contributed by atoms with Crippen molar-refractivity contribution >= 4 is 5.91 Å². The van der Waals surface area contributed by atoms with Gasteiger partial charge in [0.1, 0.15) is 0 Å². The molecule has 2 heterocycles. The minimum atomic E-state index is -0.398. The molecule has 21 heavy (non-hydrogen) atoms. The van der Waals surface area contributed by atoms with Crippen LogP contribution in [-0.4, -0.2) is 64.7 Å². The Morgan fingerprint density at radius 1 is 1.48 bits per heavy atom. The van der Waals surface area contributed by atoms with E-state index in [9.17, 15) is 4.79 Å². The summed E-state index contributed by atoms with van der Waals surface area (Å²) in [5.41, 5.74) is -0.398. The lowest BCUT2D eigenvalue weighted by atomic mass is 9.78. The molecule has 2 rings (SSSR count). The number of hydrogen-bond donors (Lipinski definition) is 2. The van der Waals surface area contributed by atoms with E-state index in [4.69, 9.17) is 14.2 Å². The van der Waals surface area contributed by atoms with E-state index in [1.165, 1.54) is 0 Å². The van der Waals surface area contributed by atoms with Crippen LogP contribution in [0.25, 0.3) is 0 Å². The molecule has 122 valence electrons. The van der Waals surface area contributed by atoms with Crippen molar-refractivity contribution < 1.29 is 19.0 Å². The summed E-state index contributed by atoms with van der Waals surface area (Å²) in [7, 11) is 1.66. The van der Waals surface area contributed by atoms with Crippen LogP contribution >= 0.6 is 0 Å². The fourth-order valence-corrected chi connectivity index (χ4v) is 2.96. The molecule has 0 aromatic carbocycles. The fraction of sp³-hybridized carbons (Fsp3) is 0.933. The second-order valence-electron chi connectivity index (χ2n) is 6.16. The highest BCUT2D eigenvalue weighted by Gasteiger charge is 2.40. The summed E-state index contributed by atoms with van der Waals surface area (Å²) in [5, 5.41) is 6.38. The quantitative estimate of drug-likeness (QED) is 0.708. The van der Waals surface area contributed by atoms with Crippen LogP contribution in [0.5, 0.6) is 0 Å². The third-order valence-electron chi connectivity index (χ3n) is 4.31. The normalized spacial score (nSPS) is 26.5. The lowest BCUT2D eigenvalue weighted by molar-refractivity contribution is -0.137. The Morgan fingerprint density at radius 3 is 2.86 bits per heavy atom. The fourth-order valence-electron chi connectivity index (χ4n) is 2.96. The number of nitrogens with one attached hydrogen (secondary N) is 2. The van der Waals surface area contributed by atoms with Gasteiger partial charge in [-0.05, 0) is 39.3 Å². The molecule has 1 amide bonds. The van der Waals surface area contributed by atoms with Crippen molar-refractivity contribution in [3.05, 3.63) is 0 Å². The van der Waals surface area contributed by atoms with Crippen LogP contribution in [0.1, 0.15) is 26.2 Å². The molecule has 0 spiro atoms. The number of carbonyl (C=O) groups excluding carboxylic acids is 1. The average Bonchev–Trinajstić information content (AvgIpc) is 3.00. The van der Waals surface area contributed by atoms with Crippen molar-refractivity contribution in [2.75, 3.05) is 46.6 Å². The Kier molecular flexibility index (Phi) is 6.41. The highest BCUT2D eigenvalue weighted by molar-refractivity contribution is 5.83. The zero-order valence-electron chi connectivity index (χ0n) is 13.2. The molecule has 2 saturated heterocycles. The molecule has 6 nitrogen and oxygen atoms in total. The van der Waals surface area contributed by atoms with Gasteiger partial charge >= 0.3 is 0 Å². The maximum atomic E-state index is 12.6. The molecular formula is C15H28N2O4. The number of carbonyl (C=O) groups is 1. The molecule has 2 fully saturated rings. The highest BCUT2D eigenvalue weighted by atomic mass is 16.5. The molecular weight excluding hydrogens is 272 g/mol. The molecule has 0 saturated carbocycles. The molecule has 2 aliphatic rings. The summed E-state index contributed by atoms with van der Waals surface area (Å²) in [4.78, 5) is 12.6. The van der Waals surface area contributed by atoms with Crippen molar-refractivity contribution in [1.82, 2.24) is 10.6 Å². The van der Waals surface area contributed by atoms with Gasteiger partial charge in [-0.1, -0.05) is 0 Å². The number of ether oxygens (including phenoxy) is 3. The maximum Gasteiger partial charge on any atom is 0.228 e. The molecule has 6 heteroatoms. The van der Waals surface area contributed by atoms with Gasteiger partial charge in [-0.25, -0.2) is 0 Å². The van der Waals surface area contributed by atoms with E-state index in [0.717, 1.165) is 39.0 Å². The minimum Gasteiger partial charge on any atom is -0.384 e. The lowest BCUT2D eigenvalue weighted by Crippen LogP contribution is -2.52. The van der Waals surface area contributed by atoms with Crippen molar-refractivity contribution in [2.45, 2.75) is 38.3 Å².